The van der Waals surface area contributed by atoms with E-state index in [2.05, 4.69) is 11.1 Å². The van der Waals surface area contributed by atoms with Crippen molar-refractivity contribution in [1.29, 1.82) is 0 Å². The summed E-state index contributed by atoms with van der Waals surface area (Å²) >= 11 is 6.28. The lowest BCUT2D eigenvalue weighted by Crippen LogP contribution is -2.09. The molecule has 0 spiro atoms. The van der Waals surface area contributed by atoms with E-state index in [0.29, 0.717) is 17.1 Å². The van der Waals surface area contributed by atoms with Crippen LogP contribution in [0.25, 0.3) is 0 Å². The molecule has 1 saturated carbocycles. The predicted octanol–water partition coefficient (Wildman–Crippen LogP) is 3.39. The minimum Gasteiger partial charge on any atom is -0.384 e. The summed E-state index contributed by atoms with van der Waals surface area (Å²) in [6.07, 6.45) is 9.10. The molecule has 1 aromatic heterocycles. The third-order valence-electron chi connectivity index (χ3n) is 3.34. The van der Waals surface area contributed by atoms with Gasteiger partial charge >= 0.3 is 0 Å². The zero-order chi connectivity index (χ0) is 11.4. The second-order valence-electron chi connectivity index (χ2n) is 4.78. The van der Waals surface area contributed by atoms with E-state index >= 15 is 0 Å². The highest BCUT2D eigenvalue weighted by atomic mass is 35.5. The Morgan fingerprint density at radius 2 is 2.19 bits per heavy atom. The molecule has 0 radical (unpaired) electrons. The zero-order valence-corrected chi connectivity index (χ0v) is 10.3. The molecule has 88 valence electrons. The van der Waals surface area contributed by atoms with Gasteiger partial charge in [-0.3, -0.25) is 0 Å². The zero-order valence-electron chi connectivity index (χ0n) is 9.53. The Balaban J connectivity index is 1.97. The molecule has 0 amide bonds. The molecule has 0 aliphatic heterocycles. The number of rotatable bonds is 2. The Hall–Kier alpha value is -0.760. The summed E-state index contributed by atoms with van der Waals surface area (Å²) < 4.78 is 0. The third-order valence-corrected chi connectivity index (χ3v) is 3.74. The SMILES string of the molecule is Nc1cc(CC2CCCCC(Cl)C2)ccn1. The van der Waals surface area contributed by atoms with Crippen molar-refractivity contribution in [2.45, 2.75) is 43.9 Å². The highest BCUT2D eigenvalue weighted by Crippen LogP contribution is 2.29. The van der Waals surface area contributed by atoms with E-state index in [9.17, 15) is 0 Å². The highest BCUT2D eigenvalue weighted by Gasteiger charge is 2.18. The number of hydrogen-bond acceptors (Lipinski definition) is 2. The van der Waals surface area contributed by atoms with Crippen molar-refractivity contribution in [3.63, 3.8) is 0 Å². The fraction of sp³-hybridized carbons (Fsp3) is 0.615. The van der Waals surface area contributed by atoms with Gasteiger partial charge in [-0.25, -0.2) is 4.98 Å². The maximum absolute atomic E-state index is 6.28. The Kier molecular flexibility index (Phi) is 4.05. The van der Waals surface area contributed by atoms with Crippen LogP contribution in [-0.2, 0) is 6.42 Å². The van der Waals surface area contributed by atoms with Crippen LogP contribution in [0.2, 0.25) is 0 Å². The van der Waals surface area contributed by atoms with Gasteiger partial charge in [0.2, 0.25) is 0 Å². The Morgan fingerprint density at radius 1 is 1.38 bits per heavy atom. The predicted molar refractivity (Wildman–Crippen MR) is 68.6 cm³/mol. The lowest BCUT2D eigenvalue weighted by Gasteiger charge is -2.16. The van der Waals surface area contributed by atoms with Gasteiger partial charge < -0.3 is 5.73 Å². The molecule has 1 heterocycles. The van der Waals surface area contributed by atoms with Crippen molar-refractivity contribution in [2.75, 3.05) is 5.73 Å². The lowest BCUT2D eigenvalue weighted by molar-refractivity contribution is 0.460. The number of hydrogen-bond donors (Lipinski definition) is 1. The number of alkyl halides is 1. The van der Waals surface area contributed by atoms with Crippen LogP contribution in [-0.4, -0.2) is 10.4 Å². The van der Waals surface area contributed by atoms with Crippen molar-refractivity contribution >= 4 is 17.4 Å². The molecule has 1 aliphatic carbocycles. The van der Waals surface area contributed by atoms with E-state index in [4.69, 9.17) is 17.3 Å². The van der Waals surface area contributed by atoms with Crippen molar-refractivity contribution < 1.29 is 0 Å². The quantitative estimate of drug-likeness (QED) is 0.634. The first kappa shape index (κ1) is 11.7. The van der Waals surface area contributed by atoms with Crippen LogP contribution in [0.4, 0.5) is 5.82 Å². The van der Waals surface area contributed by atoms with Gasteiger partial charge in [-0.1, -0.05) is 19.3 Å². The Labute approximate surface area is 102 Å². The number of pyridine rings is 1. The maximum atomic E-state index is 6.28. The summed E-state index contributed by atoms with van der Waals surface area (Å²) in [5, 5.41) is 0.367. The standard InChI is InChI=1S/C13H19ClN2/c14-12-4-2-1-3-10(8-12)7-11-5-6-16-13(15)9-11/h5-6,9-10,12H,1-4,7-8H2,(H2,15,16). The molecule has 2 rings (SSSR count). The van der Waals surface area contributed by atoms with Crippen LogP contribution < -0.4 is 5.73 Å². The molecular formula is C13H19ClN2. The molecule has 2 nitrogen and oxygen atoms in total. The summed E-state index contributed by atoms with van der Waals surface area (Å²) in [7, 11) is 0. The lowest BCUT2D eigenvalue weighted by atomic mass is 9.93. The second-order valence-corrected chi connectivity index (χ2v) is 5.39. The van der Waals surface area contributed by atoms with Crippen LogP contribution in [0.1, 0.15) is 37.7 Å². The first-order chi connectivity index (χ1) is 7.74. The third kappa shape index (κ3) is 3.38. The molecule has 16 heavy (non-hydrogen) atoms. The topological polar surface area (TPSA) is 38.9 Å². The smallest absolute Gasteiger partial charge is 0.123 e. The number of anilines is 1. The van der Waals surface area contributed by atoms with Crippen LogP contribution >= 0.6 is 11.6 Å². The number of nitrogens with two attached hydrogens (primary N) is 1. The fourth-order valence-electron chi connectivity index (χ4n) is 2.54. The van der Waals surface area contributed by atoms with Crippen LogP contribution in [0, 0.1) is 5.92 Å². The minimum atomic E-state index is 0.367. The average molecular weight is 239 g/mol. The largest absolute Gasteiger partial charge is 0.384 e. The molecule has 1 fully saturated rings. The number of nitrogens with zero attached hydrogens (tertiary/aromatic N) is 1. The van der Waals surface area contributed by atoms with Gasteiger partial charge in [0.05, 0.1) is 0 Å². The van der Waals surface area contributed by atoms with E-state index in [-0.39, 0.29) is 0 Å². The van der Waals surface area contributed by atoms with Gasteiger partial charge in [0.1, 0.15) is 5.82 Å². The van der Waals surface area contributed by atoms with E-state index < -0.39 is 0 Å². The van der Waals surface area contributed by atoms with Gasteiger partial charge in [0, 0.05) is 11.6 Å². The minimum absolute atomic E-state index is 0.367. The van der Waals surface area contributed by atoms with Gasteiger partial charge in [-0.2, -0.15) is 0 Å². The molecule has 1 aliphatic rings. The Bertz CT molecular complexity index is 340. The van der Waals surface area contributed by atoms with Gasteiger partial charge in [0.25, 0.3) is 0 Å². The van der Waals surface area contributed by atoms with E-state index in [1.54, 1.807) is 6.20 Å². The molecule has 2 N–H and O–H groups in total. The number of halogens is 1. The summed E-state index contributed by atoms with van der Waals surface area (Å²) in [5.74, 6) is 1.33. The summed E-state index contributed by atoms with van der Waals surface area (Å²) in [4.78, 5) is 4.02. The van der Waals surface area contributed by atoms with E-state index in [1.165, 1.54) is 31.2 Å². The molecule has 0 saturated heterocycles. The average Bonchev–Trinajstić information content (AvgIpc) is 2.43. The molecule has 2 unspecified atom stereocenters. The number of aromatic nitrogens is 1. The van der Waals surface area contributed by atoms with Crippen molar-refractivity contribution in [3.05, 3.63) is 23.9 Å². The fourth-order valence-corrected chi connectivity index (χ4v) is 2.94. The van der Waals surface area contributed by atoms with Crippen molar-refractivity contribution in [3.8, 4) is 0 Å². The van der Waals surface area contributed by atoms with E-state index in [0.717, 1.165) is 12.8 Å². The maximum Gasteiger partial charge on any atom is 0.123 e. The first-order valence-electron chi connectivity index (χ1n) is 6.08. The molecular weight excluding hydrogens is 220 g/mol. The normalized spacial score (nSPS) is 26.3. The number of nitrogen functional groups attached to an aromatic ring is 1. The van der Waals surface area contributed by atoms with Crippen molar-refractivity contribution in [1.82, 2.24) is 4.98 Å². The summed E-state index contributed by atoms with van der Waals surface area (Å²) in [5.41, 5.74) is 6.98. The first-order valence-corrected chi connectivity index (χ1v) is 6.52. The van der Waals surface area contributed by atoms with Crippen LogP contribution in [0.5, 0.6) is 0 Å². The monoisotopic (exact) mass is 238 g/mol. The van der Waals surface area contributed by atoms with Gasteiger partial charge in [-0.05, 0) is 42.9 Å². The van der Waals surface area contributed by atoms with Gasteiger partial charge in [-0.15, -0.1) is 11.6 Å². The molecule has 0 bridgehead atoms. The summed E-state index contributed by atoms with van der Waals surface area (Å²) in [6.45, 7) is 0. The van der Waals surface area contributed by atoms with Crippen LogP contribution in [0.3, 0.4) is 0 Å². The summed E-state index contributed by atoms with van der Waals surface area (Å²) in [6, 6.07) is 4.04. The van der Waals surface area contributed by atoms with E-state index in [1.807, 2.05) is 6.07 Å². The van der Waals surface area contributed by atoms with Gasteiger partial charge in [0.15, 0.2) is 0 Å². The molecule has 2 atom stereocenters. The highest BCUT2D eigenvalue weighted by molar-refractivity contribution is 6.20. The molecule has 3 heteroatoms. The molecule has 1 aromatic rings. The van der Waals surface area contributed by atoms with Crippen LogP contribution in [0.15, 0.2) is 18.3 Å². The molecule has 0 aromatic carbocycles. The Morgan fingerprint density at radius 3 is 3.00 bits per heavy atom. The second kappa shape index (κ2) is 5.53. The van der Waals surface area contributed by atoms with Crippen molar-refractivity contribution in [2.24, 2.45) is 5.92 Å².